The predicted molar refractivity (Wildman–Crippen MR) is 113 cm³/mol. The van der Waals surface area contributed by atoms with Crippen molar-refractivity contribution in [3.8, 4) is 0 Å². The van der Waals surface area contributed by atoms with Crippen molar-refractivity contribution >= 4 is 39.8 Å². The minimum absolute atomic E-state index is 0. The van der Waals surface area contributed by atoms with Crippen molar-refractivity contribution in [3.63, 3.8) is 0 Å². The van der Waals surface area contributed by atoms with Gasteiger partial charge in [-0.05, 0) is 32.1 Å². The smallest absolute Gasteiger partial charge is 0.191 e. The van der Waals surface area contributed by atoms with E-state index in [0.29, 0.717) is 31.9 Å². The number of nitrogens with one attached hydrogen (secondary N) is 2. The van der Waals surface area contributed by atoms with Crippen molar-refractivity contribution in [2.24, 2.45) is 10.9 Å². The number of nitrogens with zero attached hydrogens (tertiary/aromatic N) is 1. The van der Waals surface area contributed by atoms with Gasteiger partial charge in [-0.3, -0.25) is 4.99 Å². The first kappa shape index (κ1) is 22.2. The van der Waals surface area contributed by atoms with E-state index in [1.165, 1.54) is 19.3 Å². The van der Waals surface area contributed by atoms with Crippen LogP contribution in [0.2, 0.25) is 0 Å². The lowest BCUT2D eigenvalue weighted by Gasteiger charge is -2.31. The Morgan fingerprint density at radius 1 is 1.23 bits per heavy atom. The van der Waals surface area contributed by atoms with Gasteiger partial charge >= 0.3 is 0 Å². The molecule has 2 N–H and O–H groups in total. The molecule has 1 saturated carbocycles. The van der Waals surface area contributed by atoms with E-state index in [4.69, 9.17) is 9.47 Å². The van der Waals surface area contributed by atoms with Crippen LogP contribution >= 0.6 is 24.0 Å². The van der Waals surface area contributed by atoms with Gasteiger partial charge < -0.3 is 20.1 Å². The first-order valence-electron chi connectivity index (χ1n) is 9.55. The minimum atomic E-state index is -2.84. The molecule has 1 aliphatic carbocycles. The van der Waals surface area contributed by atoms with E-state index in [1.807, 2.05) is 6.92 Å². The topological polar surface area (TPSA) is 89.0 Å². The van der Waals surface area contributed by atoms with Crippen LogP contribution in [0.5, 0.6) is 0 Å². The second-order valence-electron chi connectivity index (χ2n) is 7.39. The van der Waals surface area contributed by atoms with Crippen LogP contribution in [0.4, 0.5) is 0 Å². The Hall–Kier alpha value is -0.130. The highest BCUT2D eigenvalue weighted by Gasteiger charge is 2.42. The molecule has 1 spiro atoms. The van der Waals surface area contributed by atoms with Crippen LogP contribution < -0.4 is 10.6 Å². The Balaban J connectivity index is 0.00000243. The normalized spacial score (nSPS) is 30.1. The molecule has 2 atom stereocenters. The molecular formula is C17H32IN3O4S. The maximum atomic E-state index is 11.5. The van der Waals surface area contributed by atoms with Gasteiger partial charge in [0.1, 0.15) is 6.10 Å². The molecule has 9 heteroatoms. The summed E-state index contributed by atoms with van der Waals surface area (Å²) < 4.78 is 35.2. The third kappa shape index (κ3) is 6.20. The summed E-state index contributed by atoms with van der Waals surface area (Å²) in [6, 6.07) is 0. The molecule has 0 amide bonds. The summed E-state index contributed by atoms with van der Waals surface area (Å²) in [4.78, 5) is 4.56. The highest BCUT2D eigenvalue weighted by Crippen LogP contribution is 2.37. The zero-order valence-corrected chi connectivity index (χ0v) is 18.7. The van der Waals surface area contributed by atoms with Crippen LogP contribution in [0.25, 0.3) is 0 Å². The fraction of sp³-hybridized carbons (Fsp3) is 0.941. The quantitative estimate of drug-likeness (QED) is 0.339. The molecule has 3 rings (SSSR count). The molecule has 2 saturated heterocycles. The van der Waals surface area contributed by atoms with Crippen molar-refractivity contribution in [2.75, 3.05) is 37.7 Å². The molecule has 0 radical (unpaired) electrons. The zero-order valence-electron chi connectivity index (χ0n) is 15.5. The van der Waals surface area contributed by atoms with E-state index in [9.17, 15) is 8.42 Å². The van der Waals surface area contributed by atoms with Gasteiger partial charge in [0, 0.05) is 32.5 Å². The van der Waals surface area contributed by atoms with Crippen LogP contribution in [0.15, 0.2) is 4.99 Å². The summed E-state index contributed by atoms with van der Waals surface area (Å²) in [5.74, 6) is 1.07. The largest absolute Gasteiger partial charge is 0.357 e. The number of ether oxygens (including phenoxy) is 2. The third-order valence-corrected chi connectivity index (χ3v) is 7.04. The number of aliphatic imine (C=N–C) groups is 1. The van der Waals surface area contributed by atoms with Crippen LogP contribution in [0.1, 0.15) is 45.4 Å². The van der Waals surface area contributed by atoms with E-state index < -0.39 is 9.84 Å². The van der Waals surface area contributed by atoms with Crippen molar-refractivity contribution < 1.29 is 17.9 Å². The van der Waals surface area contributed by atoms with Gasteiger partial charge in [-0.25, -0.2) is 8.42 Å². The third-order valence-electron chi connectivity index (χ3n) is 5.20. The Bertz CT molecular complexity index is 579. The molecule has 7 nitrogen and oxygen atoms in total. The van der Waals surface area contributed by atoms with Crippen molar-refractivity contribution in [1.29, 1.82) is 0 Å². The van der Waals surface area contributed by atoms with Gasteiger partial charge in [0.2, 0.25) is 0 Å². The Morgan fingerprint density at radius 2 is 2.00 bits per heavy atom. The Kier molecular flexibility index (Phi) is 8.42. The summed E-state index contributed by atoms with van der Waals surface area (Å²) >= 11 is 0. The molecular weight excluding hydrogens is 469 g/mol. The minimum Gasteiger partial charge on any atom is -0.357 e. The van der Waals surface area contributed by atoms with E-state index in [0.717, 1.165) is 25.3 Å². The van der Waals surface area contributed by atoms with Crippen LogP contribution in [-0.2, 0) is 19.3 Å². The van der Waals surface area contributed by atoms with E-state index in [2.05, 4.69) is 15.6 Å². The molecule has 2 aliphatic heterocycles. The van der Waals surface area contributed by atoms with Gasteiger partial charge in [0.25, 0.3) is 0 Å². The van der Waals surface area contributed by atoms with Crippen LogP contribution in [-0.4, -0.2) is 64.0 Å². The highest BCUT2D eigenvalue weighted by atomic mass is 127. The molecule has 0 aromatic rings. The van der Waals surface area contributed by atoms with Crippen LogP contribution in [0, 0.1) is 5.92 Å². The molecule has 152 valence electrons. The fourth-order valence-corrected chi connectivity index (χ4v) is 5.71. The van der Waals surface area contributed by atoms with Gasteiger partial charge in [0.15, 0.2) is 21.6 Å². The predicted octanol–water partition coefficient (Wildman–Crippen LogP) is 1.67. The maximum absolute atomic E-state index is 11.5. The van der Waals surface area contributed by atoms with Crippen molar-refractivity contribution in [1.82, 2.24) is 10.6 Å². The lowest BCUT2D eigenvalue weighted by molar-refractivity contribution is -0.186. The summed E-state index contributed by atoms with van der Waals surface area (Å²) in [5.41, 5.74) is 0. The van der Waals surface area contributed by atoms with E-state index in [1.54, 1.807) is 0 Å². The first-order chi connectivity index (χ1) is 12.0. The maximum Gasteiger partial charge on any atom is 0.191 e. The molecule has 2 unspecified atom stereocenters. The molecule has 3 aliphatic rings. The number of rotatable bonds is 5. The van der Waals surface area contributed by atoms with Gasteiger partial charge in [-0.1, -0.05) is 6.42 Å². The number of guanidine groups is 1. The van der Waals surface area contributed by atoms with Gasteiger partial charge in [-0.2, -0.15) is 0 Å². The average Bonchev–Trinajstić information content (AvgIpc) is 3.14. The molecule has 2 heterocycles. The van der Waals surface area contributed by atoms with Gasteiger partial charge in [0.05, 0.1) is 18.1 Å². The zero-order chi connectivity index (χ0) is 17.8. The monoisotopic (exact) mass is 501 g/mol. The summed E-state index contributed by atoms with van der Waals surface area (Å²) in [5, 5.41) is 6.53. The molecule has 26 heavy (non-hydrogen) atoms. The second kappa shape index (κ2) is 9.88. The van der Waals surface area contributed by atoms with Crippen LogP contribution in [0.3, 0.4) is 0 Å². The lowest BCUT2D eigenvalue weighted by atomic mass is 9.94. The summed E-state index contributed by atoms with van der Waals surface area (Å²) in [7, 11) is -2.84. The fourth-order valence-electron chi connectivity index (χ4n) is 3.86. The number of halogens is 1. The number of hydrogen-bond donors (Lipinski definition) is 2. The molecule has 0 bridgehead atoms. The van der Waals surface area contributed by atoms with E-state index >= 15 is 0 Å². The summed E-state index contributed by atoms with van der Waals surface area (Å²) in [6.45, 7) is 4.59. The SMILES string of the molecule is CCNC(=NCC1CCS(=O)(=O)C1)NCC1COC2(CCCCC2)O1.I. The van der Waals surface area contributed by atoms with Crippen molar-refractivity contribution in [2.45, 2.75) is 57.3 Å². The van der Waals surface area contributed by atoms with E-state index in [-0.39, 0.29) is 47.5 Å². The lowest BCUT2D eigenvalue weighted by Crippen LogP contribution is -2.43. The second-order valence-corrected chi connectivity index (χ2v) is 9.62. The number of sulfone groups is 1. The Labute approximate surface area is 174 Å². The average molecular weight is 501 g/mol. The highest BCUT2D eigenvalue weighted by molar-refractivity contribution is 14.0. The van der Waals surface area contributed by atoms with Crippen molar-refractivity contribution in [3.05, 3.63) is 0 Å². The molecule has 0 aromatic heterocycles. The van der Waals surface area contributed by atoms with Gasteiger partial charge in [-0.15, -0.1) is 24.0 Å². The molecule has 3 fully saturated rings. The number of hydrogen-bond acceptors (Lipinski definition) is 5. The molecule has 0 aromatic carbocycles. The summed E-state index contributed by atoms with van der Waals surface area (Å²) in [6.07, 6.45) is 6.36. The first-order valence-corrected chi connectivity index (χ1v) is 11.4. The Morgan fingerprint density at radius 3 is 2.65 bits per heavy atom. The standard InChI is InChI=1S/C17H31N3O4S.HI/c1-2-18-16(19-10-14-6-9-25(21,22)13-14)20-11-15-12-23-17(24-15)7-4-3-5-8-17;/h14-15H,2-13H2,1H3,(H2,18,19,20);1H.